The molecule has 2 N–H and O–H groups in total. The van der Waals surface area contributed by atoms with E-state index in [9.17, 15) is 0 Å². The molecule has 0 radical (unpaired) electrons. The summed E-state index contributed by atoms with van der Waals surface area (Å²) in [5.41, 5.74) is 3.68. The van der Waals surface area contributed by atoms with E-state index in [0.717, 1.165) is 0 Å². The van der Waals surface area contributed by atoms with Crippen LogP contribution in [0.15, 0.2) is 61.2 Å². The smallest absolute Gasteiger partial charge is 0.168 e. The highest BCUT2D eigenvalue weighted by Crippen LogP contribution is 2.28. The summed E-state index contributed by atoms with van der Waals surface area (Å²) in [6.07, 6.45) is 8.09. The fraction of sp³-hybridized carbons (Fsp3) is 0.133. The first-order chi connectivity index (χ1) is 8.84. The van der Waals surface area contributed by atoms with Crippen molar-refractivity contribution in [2.24, 2.45) is 7.05 Å². The van der Waals surface area contributed by atoms with E-state index < -0.39 is 0 Å². The van der Waals surface area contributed by atoms with E-state index in [0.29, 0.717) is 0 Å². The third-order valence-electron chi connectivity index (χ3n) is 3.20. The Balaban J connectivity index is 0.00000133. The summed E-state index contributed by atoms with van der Waals surface area (Å²) in [6.45, 7) is 0. The van der Waals surface area contributed by atoms with E-state index in [1.807, 2.05) is 36.1 Å². The topological polar surface area (TPSA) is 35.5 Å². The SMILES string of the molecule is C[n+]1ccc(C(c2ccc[nH]2)c2ccc[nH]2)cc1.[I-]. The molecule has 0 aromatic carbocycles. The molecular formula is C15H16IN3. The zero-order valence-electron chi connectivity index (χ0n) is 10.7. The van der Waals surface area contributed by atoms with Gasteiger partial charge in [0.05, 0.1) is 5.92 Å². The third-order valence-corrected chi connectivity index (χ3v) is 3.20. The number of nitrogens with zero attached hydrogens (tertiary/aromatic N) is 1. The molecule has 0 amide bonds. The third kappa shape index (κ3) is 2.89. The van der Waals surface area contributed by atoms with Crippen LogP contribution in [-0.4, -0.2) is 9.97 Å². The van der Waals surface area contributed by atoms with Crippen LogP contribution in [0.25, 0.3) is 0 Å². The van der Waals surface area contributed by atoms with Gasteiger partial charge in [-0.05, 0) is 29.8 Å². The number of hydrogen-bond donors (Lipinski definition) is 2. The summed E-state index contributed by atoms with van der Waals surface area (Å²) in [7, 11) is 2.03. The largest absolute Gasteiger partial charge is 1.00 e. The lowest BCUT2D eigenvalue weighted by Gasteiger charge is -2.14. The van der Waals surface area contributed by atoms with Gasteiger partial charge in [0.15, 0.2) is 12.4 Å². The molecule has 0 spiro atoms. The molecule has 3 nitrogen and oxygen atoms in total. The van der Waals surface area contributed by atoms with E-state index in [1.54, 1.807) is 0 Å². The van der Waals surface area contributed by atoms with Gasteiger partial charge in [-0.25, -0.2) is 4.57 Å². The van der Waals surface area contributed by atoms with Crippen LogP contribution in [-0.2, 0) is 7.05 Å². The van der Waals surface area contributed by atoms with Crippen LogP contribution >= 0.6 is 0 Å². The standard InChI is InChI=1S/C15H16N3.HI/c1-18-10-6-12(7-11-18)15(13-4-2-8-16-13)14-5-3-9-17-14;/h2-11,15-17H,1H3;1H/q+1;/p-1. The van der Waals surface area contributed by atoms with Gasteiger partial charge in [-0.15, -0.1) is 0 Å². The first-order valence-electron chi connectivity index (χ1n) is 6.06. The summed E-state index contributed by atoms with van der Waals surface area (Å²) in [5, 5.41) is 0. The van der Waals surface area contributed by atoms with E-state index in [1.165, 1.54) is 17.0 Å². The van der Waals surface area contributed by atoms with Crippen LogP contribution in [0.4, 0.5) is 0 Å². The second kappa shape index (κ2) is 6.06. The predicted octanol–water partition coefficient (Wildman–Crippen LogP) is -0.648. The van der Waals surface area contributed by atoms with Crippen molar-refractivity contribution >= 4 is 0 Å². The Bertz CT molecular complexity index is 563. The molecule has 3 heterocycles. The quantitative estimate of drug-likeness (QED) is 0.457. The molecule has 3 aromatic heterocycles. The molecule has 0 aliphatic carbocycles. The molecule has 0 bridgehead atoms. The Kier molecular flexibility index (Phi) is 4.42. The highest BCUT2D eigenvalue weighted by molar-refractivity contribution is 5.36. The van der Waals surface area contributed by atoms with E-state index >= 15 is 0 Å². The molecule has 0 saturated carbocycles. The number of pyridine rings is 1. The van der Waals surface area contributed by atoms with Gasteiger partial charge in [0.25, 0.3) is 0 Å². The van der Waals surface area contributed by atoms with Crippen molar-refractivity contribution in [1.82, 2.24) is 9.97 Å². The van der Waals surface area contributed by atoms with Crippen molar-refractivity contribution in [2.45, 2.75) is 5.92 Å². The van der Waals surface area contributed by atoms with Gasteiger partial charge in [-0.1, -0.05) is 0 Å². The molecular weight excluding hydrogens is 349 g/mol. The maximum Gasteiger partial charge on any atom is 0.168 e. The van der Waals surface area contributed by atoms with Crippen LogP contribution in [0.1, 0.15) is 22.9 Å². The summed E-state index contributed by atoms with van der Waals surface area (Å²) in [5.74, 6) is 0.233. The minimum atomic E-state index is 0. The molecule has 0 aliphatic rings. The summed E-state index contributed by atoms with van der Waals surface area (Å²) < 4.78 is 2.05. The van der Waals surface area contributed by atoms with Gasteiger partial charge >= 0.3 is 0 Å². The molecule has 0 saturated heterocycles. The number of H-pyrrole nitrogens is 2. The fourth-order valence-corrected chi connectivity index (χ4v) is 2.28. The average Bonchev–Trinajstić information content (AvgIpc) is 3.06. The summed E-state index contributed by atoms with van der Waals surface area (Å²) in [6, 6.07) is 12.6. The van der Waals surface area contributed by atoms with Crippen LogP contribution in [0.2, 0.25) is 0 Å². The van der Waals surface area contributed by atoms with Crippen molar-refractivity contribution in [3.63, 3.8) is 0 Å². The zero-order chi connectivity index (χ0) is 12.4. The maximum atomic E-state index is 3.31. The molecule has 4 heteroatoms. The first-order valence-corrected chi connectivity index (χ1v) is 6.06. The van der Waals surface area contributed by atoms with Gasteiger partial charge in [0, 0.05) is 35.9 Å². The lowest BCUT2D eigenvalue weighted by molar-refractivity contribution is -0.671. The van der Waals surface area contributed by atoms with Crippen molar-refractivity contribution in [3.8, 4) is 0 Å². The summed E-state index contributed by atoms with van der Waals surface area (Å²) >= 11 is 0. The minimum Gasteiger partial charge on any atom is -1.00 e. The molecule has 0 aliphatic heterocycles. The second-order valence-electron chi connectivity index (χ2n) is 4.48. The predicted molar refractivity (Wildman–Crippen MR) is 70.1 cm³/mol. The molecule has 0 fully saturated rings. The lowest BCUT2D eigenvalue weighted by atomic mass is 9.93. The van der Waals surface area contributed by atoms with Gasteiger partial charge in [0.1, 0.15) is 7.05 Å². The van der Waals surface area contributed by atoms with Crippen molar-refractivity contribution < 1.29 is 28.5 Å². The molecule has 0 atom stereocenters. The molecule has 19 heavy (non-hydrogen) atoms. The Labute approximate surface area is 129 Å². The molecule has 3 rings (SSSR count). The normalized spacial score (nSPS) is 10.4. The molecule has 98 valence electrons. The number of aromatic amines is 2. The van der Waals surface area contributed by atoms with Crippen LogP contribution < -0.4 is 28.5 Å². The van der Waals surface area contributed by atoms with Crippen LogP contribution in [0, 0.1) is 0 Å². The number of nitrogens with one attached hydrogen (secondary N) is 2. The highest BCUT2D eigenvalue weighted by Gasteiger charge is 2.18. The van der Waals surface area contributed by atoms with Crippen LogP contribution in [0.3, 0.4) is 0 Å². The van der Waals surface area contributed by atoms with E-state index in [4.69, 9.17) is 0 Å². The van der Waals surface area contributed by atoms with Gasteiger partial charge < -0.3 is 33.9 Å². The van der Waals surface area contributed by atoms with Crippen molar-refractivity contribution in [1.29, 1.82) is 0 Å². The van der Waals surface area contributed by atoms with Gasteiger partial charge in [0.2, 0.25) is 0 Å². The Morgan fingerprint density at radius 2 is 1.42 bits per heavy atom. The van der Waals surface area contributed by atoms with Crippen molar-refractivity contribution in [3.05, 3.63) is 78.1 Å². The first kappa shape index (κ1) is 13.9. The molecule has 3 aromatic rings. The lowest BCUT2D eigenvalue weighted by Crippen LogP contribution is -3.00. The second-order valence-corrected chi connectivity index (χ2v) is 4.48. The van der Waals surface area contributed by atoms with Crippen LogP contribution in [0.5, 0.6) is 0 Å². The average molecular weight is 365 g/mol. The molecule has 0 unspecified atom stereocenters. The van der Waals surface area contributed by atoms with E-state index in [-0.39, 0.29) is 29.9 Å². The Morgan fingerprint density at radius 1 is 0.895 bits per heavy atom. The fourth-order valence-electron chi connectivity index (χ4n) is 2.28. The Morgan fingerprint density at radius 3 is 1.84 bits per heavy atom. The number of halogens is 1. The number of hydrogen-bond acceptors (Lipinski definition) is 0. The Hall–Kier alpha value is -1.56. The van der Waals surface area contributed by atoms with Gasteiger partial charge in [-0.2, -0.15) is 0 Å². The number of aromatic nitrogens is 3. The number of aryl methyl sites for hydroxylation is 1. The monoisotopic (exact) mass is 365 g/mol. The summed E-state index contributed by atoms with van der Waals surface area (Å²) in [4.78, 5) is 6.62. The number of rotatable bonds is 3. The van der Waals surface area contributed by atoms with Gasteiger partial charge in [-0.3, -0.25) is 0 Å². The van der Waals surface area contributed by atoms with E-state index in [2.05, 4.69) is 46.6 Å². The van der Waals surface area contributed by atoms with Crippen molar-refractivity contribution in [2.75, 3.05) is 0 Å². The zero-order valence-corrected chi connectivity index (χ0v) is 12.8. The minimum absolute atomic E-state index is 0. The maximum absolute atomic E-state index is 3.31. The highest BCUT2D eigenvalue weighted by atomic mass is 127.